The zero-order valence-corrected chi connectivity index (χ0v) is 11.4. The fraction of sp³-hybridized carbons (Fsp3) is 0.385. The van der Waals surface area contributed by atoms with Crippen LogP contribution in [0.2, 0.25) is 5.02 Å². The van der Waals surface area contributed by atoms with E-state index in [1.54, 1.807) is 18.2 Å². The topological polar surface area (TPSA) is 53.3 Å². The molecule has 1 aromatic carbocycles. The standard InChI is InChI=1S/C13H15ClN2O2/c1-9(2)16(7-6-15)13(17)11-8-10(14)4-5-12(11)18-3/h4-5,8-9H,7H2,1-3H3. The maximum absolute atomic E-state index is 12.3. The molecule has 0 aliphatic rings. The normalized spacial score (nSPS) is 10.0. The van der Waals surface area contributed by atoms with Crippen molar-refractivity contribution in [1.29, 1.82) is 5.26 Å². The van der Waals surface area contributed by atoms with Gasteiger partial charge in [-0.25, -0.2) is 0 Å². The third kappa shape index (κ3) is 3.14. The van der Waals surface area contributed by atoms with E-state index >= 15 is 0 Å². The zero-order chi connectivity index (χ0) is 13.7. The summed E-state index contributed by atoms with van der Waals surface area (Å²) in [7, 11) is 1.49. The van der Waals surface area contributed by atoms with Crippen LogP contribution >= 0.6 is 11.6 Å². The number of nitriles is 1. The summed E-state index contributed by atoms with van der Waals surface area (Å²) in [6.07, 6.45) is 0. The Morgan fingerprint density at radius 1 is 1.56 bits per heavy atom. The summed E-state index contributed by atoms with van der Waals surface area (Å²) in [5.41, 5.74) is 0.369. The Bertz CT molecular complexity index is 480. The quantitative estimate of drug-likeness (QED) is 0.788. The van der Waals surface area contributed by atoms with Crippen molar-refractivity contribution >= 4 is 17.5 Å². The van der Waals surface area contributed by atoms with Gasteiger partial charge in [-0.1, -0.05) is 11.6 Å². The van der Waals surface area contributed by atoms with E-state index in [0.717, 1.165) is 0 Å². The lowest BCUT2D eigenvalue weighted by atomic mass is 10.1. The molecule has 4 nitrogen and oxygen atoms in total. The number of methoxy groups -OCH3 is 1. The Labute approximate surface area is 112 Å². The van der Waals surface area contributed by atoms with Gasteiger partial charge < -0.3 is 9.64 Å². The monoisotopic (exact) mass is 266 g/mol. The van der Waals surface area contributed by atoms with Gasteiger partial charge in [-0.3, -0.25) is 4.79 Å². The third-order valence-corrected chi connectivity index (χ3v) is 2.75. The van der Waals surface area contributed by atoms with Gasteiger partial charge in [0.05, 0.1) is 18.7 Å². The minimum atomic E-state index is -0.258. The fourth-order valence-electron chi connectivity index (χ4n) is 1.57. The van der Waals surface area contributed by atoms with E-state index in [9.17, 15) is 4.79 Å². The van der Waals surface area contributed by atoms with Crippen LogP contribution in [0.15, 0.2) is 18.2 Å². The molecule has 96 valence electrons. The summed E-state index contributed by atoms with van der Waals surface area (Å²) in [5, 5.41) is 9.22. The Kier molecular flexibility index (Phi) is 4.99. The number of amides is 1. The molecule has 0 atom stereocenters. The van der Waals surface area contributed by atoms with Crippen LogP contribution < -0.4 is 4.74 Å². The Hall–Kier alpha value is -1.73. The predicted molar refractivity (Wildman–Crippen MR) is 69.8 cm³/mol. The van der Waals surface area contributed by atoms with Gasteiger partial charge in [0, 0.05) is 11.1 Å². The summed E-state index contributed by atoms with van der Waals surface area (Å²) < 4.78 is 5.14. The van der Waals surface area contributed by atoms with Gasteiger partial charge in [0.2, 0.25) is 0 Å². The van der Waals surface area contributed by atoms with Crippen LogP contribution in [0.4, 0.5) is 0 Å². The molecule has 1 rings (SSSR count). The molecule has 0 unspecified atom stereocenters. The number of benzene rings is 1. The Morgan fingerprint density at radius 2 is 2.22 bits per heavy atom. The summed E-state index contributed by atoms with van der Waals surface area (Å²) >= 11 is 5.89. The summed E-state index contributed by atoms with van der Waals surface area (Å²) in [6, 6.07) is 6.76. The molecule has 0 aliphatic heterocycles. The molecular formula is C13H15ClN2O2. The molecule has 0 N–H and O–H groups in total. The highest BCUT2D eigenvalue weighted by Gasteiger charge is 2.21. The molecule has 0 radical (unpaired) electrons. The molecule has 1 amide bonds. The van der Waals surface area contributed by atoms with Crippen molar-refractivity contribution in [1.82, 2.24) is 4.90 Å². The van der Waals surface area contributed by atoms with E-state index < -0.39 is 0 Å². The second-order valence-corrected chi connectivity index (χ2v) is 4.47. The minimum absolute atomic E-state index is 0.0339. The first kappa shape index (κ1) is 14.3. The number of nitrogens with zero attached hydrogens (tertiary/aromatic N) is 2. The minimum Gasteiger partial charge on any atom is -0.496 e. The van der Waals surface area contributed by atoms with Crippen LogP contribution in [0.25, 0.3) is 0 Å². The summed E-state index contributed by atoms with van der Waals surface area (Å²) in [6.45, 7) is 3.74. The maximum Gasteiger partial charge on any atom is 0.258 e. The van der Waals surface area contributed by atoms with E-state index in [1.165, 1.54) is 12.0 Å². The average molecular weight is 267 g/mol. The molecule has 18 heavy (non-hydrogen) atoms. The first-order valence-electron chi connectivity index (χ1n) is 5.52. The smallest absolute Gasteiger partial charge is 0.258 e. The van der Waals surface area contributed by atoms with Crippen LogP contribution in [-0.4, -0.2) is 30.5 Å². The van der Waals surface area contributed by atoms with Crippen molar-refractivity contribution in [3.63, 3.8) is 0 Å². The van der Waals surface area contributed by atoms with Crippen LogP contribution in [0.5, 0.6) is 5.75 Å². The fourth-order valence-corrected chi connectivity index (χ4v) is 1.74. The van der Waals surface area contributed by atoms with Gasteiger partial charge >= 0.3 is 0 Å². The molecule has 1 aromatic rings. The lowest BCUT2D eigenvalue weighted by Crippen LogP contribution is -2.37. The summed E-state index contributed by atoms with van der Waals surface area (Å²) in [4.78, 5) is 13.8. The second-order valence-electron chi connectivity index (χ2n) is 4.03. The highest BCUT2D eigenvalue weighted by Crippen LogP contribution is 2.24. The predicted octanol–water partition coefficient (Wildman–Crippen LogP) is 2.72. The molecule has 0 saturated heterocycles. The van der Waals surface area contributed by atoms with Gasteiger partial charge in [-0.05, 0) is 32.0 Å². The van der Waals surface area contributed by atoms with Gasteiger partial charge in [0.25, 0.3) is 5.91 Å². The summed E-state index contributed by atoms with van der Waals surface area (Å²) in [5.74, 6) is 0.193. The first-order chi connectivity index (χ1) is 8.51. The molecule has 0 heterocycles. The van der Waals surface area contributed by atoms with Gasteiger partial charge in [-0.15, -0.1) is 0 Å². The highest BCUT2D eigenvalue weighted by atomic mass is 35.5. The second kappa shape index (κ2) is 6.27. The number of hydrogen-bond acceptors (Lipinski definition) is 3. The van der Waals surface area contributed by atoms with E-state index in [4.69, 9.17) is 21.6 Å². The highest BCUT2D eigenvalue weighted by molar-refractivity contribution is 6.31. The molecule has 0 saturated carbocycles. The molecule has 5 heteroatoms. The lowest BCUT2D eigenvalue weighted by Gasteiger charge is -2.24. The van der Waals surface area contributed by atoms with E-state index in [-0.39, 0.29) is 18.5 Å². The number of carbonyl (C=O) groups excluding carboxylic acids is 1. The van der Waals surface area contributed by atoms with Crippen LogP contribution in [0, 0.1) is 11.3 Å². The number of ether oxygens (including phenoxy) is 1. The van der Waals surface area contributed by atoms with Crippen LogP contribution in [-0.2, 0) is 0 Å². The van der Waals surface area contributed by atoms with Crippen molar-refractivity contribution in [3.05, 3.63) is 28.8 Å². The molecule has 0 fully saturated rings. The number of carbonyl (C=O) groups is 1. The molecule has 0 bridgehead atoms. The van der Waals surface area contributed by atoms with E-state index in [0.29, 0.717) is 16.3 Å². The average Bonchev–Trinajstić information content (AvgIpc) is 2.34. The van der Waals surface area contributed by atoms with Crippen molar-refractivity contribution in [3.8, 4) is 11.8 Å². The van der Waals surface area contributed by atoms with Crippen LogP contribution in [0.1, 0.15) is 24.2 Å². The van der Waals surface area contributed by atoms with Crippen molar-refractivity contribution < 1.29 is 9.53 Å². The molecule has 0 spiro atoms. The number of rotatable bonds is 4. The van der Waals surface area contributed by atoms with Crippen molar-refractivity contribution in [2.45, 2.75) is 19.9 Å². The molecular weight excluding hydrogens is 252 g/mol. The Morgan fingerprint density at radius 3 is 2.72 bits per heavy atom. The molecule has 0 aromatic heterocycles. The largest absolute Gasteiger partial charge is 0.496 e. The number of halogens is 1. The first-order valence-corrected chi connectivity index (χ1v) is 5.90. The third-order valence-electron chi connectivity index (χ3n) is 2.52. The zero-order valence-electron chi connectivity index (χ0n) is 10.6. The Balaban J connectivity index is 3.16. The van der Waals surface area contributed by atoms with Gasteiger partial charge in [-0.2, -0.15) is 5.26 Å². The van der Waals surface area contributed by atoms with Crippen molar-refractivity contribution in [2.24, 2.45) is 0 Å². The van der Waals surface area contributed by atoms with Gasteiger partial charge in [0.15, 0.2) is 0 Å². The van der Waals surface area contributed by atoms with Crippen LogP contribution in [0.3, 0.4) is 0 Å². The van der Waals surface area contributed by atoms with E-state index in [1.807, 2.05) is 19.9 Å². The molecule has 0 aliphatic carbocycles. The lowest BCUT2D eigenvalue weighted by molar-refractivity contribution is 0.0728. The van der Waals surface area contributed by atoms with E-state index in [2.05, 4.69) is 0 Å². The van der Waals surface area contributed by atoms with Gasteiger partial charge in [0.1, 0.15) is 12.3 Å². The SMILES string of the molecule is COc1ccc(Cl)cc1C(=O)N(CC#N)C(C)C. The number of hydrogen-bond donors (Lipinski definition) is 0. The van der Waals surface area contributed by atoms with Crippen molar-refractivity contribution in [2.75, 3.05) is 13.7 Å². The maximum atomic E-state index is 12.3.